The Morgan fingerprint density at radius 3 is 3.05 bits per heavy atom. The summed E-state index contributed by atoms with van der Waals surface area (Å²) in [6.45, 7) is 2.06. The molecule has 4 rings (SSSR count). The van der Waals surface area contributed by atoms with E-state index in [1.807, 2.05) is 12.1 Å². The van der Waals surface area contributed by atoms with Gasteiger partial charge in [-0.05, 0) is 24.6 Å². The molecule has 19 heavy (non-hydrogen) atoms. The van der Waals surface area contributed by atoms with Gasteiger partial charge >= 0.3 is 0 Å². The number of nitrogens with zero attached hydrogens (tertiary/aromatic N) is 3. The molecule has 1 aliphatic heterocycles. The monoisotopic (exact) mass is 249 g/mol. The lowest BCUT2D eigenvalue weighted by Gasteiger charge is -2.06. The zero-order valence-electron chi connectivity index (χ0n) is 10.4. The molecule has 3 heterocycles. The molecule has 1 aliphatic rings. The Morgan fingerprint density at radius 2 is 2.16 bits per heavy atom. The molecular formula is C15H11N3O. The average molecular weight is 249 g/mol. The molecule has 92 valence electrons. The van der Waals surface area contributed by atoms with Crippen LogP contribution in [0.25, 0.3) is 16.6 Å². The van der Waals surface area contributed by atoms with Crippen LogP contribution in [0, 0.1) is 6.92 Å². The summed E-state index contributed by atoms with van der Waals surface area (Å²) in [4.78, 5) is 21.2. The van der Waals surface area contributed by atoms with Crippen molar-refractivity contribution >= 4 is 10.9 Å². The molecule has 0 N–H and O–H groups in total. The first-order valence-corrected chi connectivity index (χ1v) is 6.19. The van der Waals surface area contributed by atoms with E-state index >= 15 is 0 Å². The van der Waals surface area contributed by atoms with Gasteiger partial charge in [-0.3, -0.25) is 14.3 Å². The van der Waals surface area contributed by atoms with Crippen LogP contribution in [-0.2, 0) is 6.42 Å². The number of pyridine rings is 1. The highest BCUT2D eigenvalue weighted by Crippen LogP contribution is 2.26. The maximum Gasteiger partial charge on any atom is 0.266 e. The zero-order valence-corrected chi connectivity index (χ0v) is 10.4. The molecule has 0 unspecified atom stereocenters. The fourth-order valence-corrected chi connectivity index (χ4v) is 2.69. The van der Waals surface area contributed by atoms with E-state index < -0.39 is 0 Å². The molecule has 0 amide bonds. The molecular weight excluding hydrogens is 238 g/mol. The minimum Gasteiger partial charge on any atom is -0.268 e. The predicted molar refractivity (Wildman–Crippen MR) is 72.7 cm³/mol. The maximum atomic E-state index is 12.6. The van der Waals surface area contributed by atoms with Crippen LogP contribution >= 0.6 is 0 Å². The van der Waals surface area contributed by atoms with Gasteiger partial charge in [0.1, 0.15) is 5.82 Å². The first-order chi connectivity index (χ1) is 9.24. The first-order valence-electron chi connectivity index (χ1n) is 6.19. The van der Waals surface area contributed by atoms with Gasteiger partial charge in [0.2, 0.25) is 0 Å². The smallest absolute Gasteiger partial charge is 0.266 e. The van der Waals surface area contributed by atoms with Gasteiger partial charge in [-0.1, -0.05) is 17.7 Å². The quantitative estimate of drug-likeness (QED) is 0.479. The highest BCUT2D eigenvalue weighted by atomic mass is 16.1. The van der Waals surface area contributed by atoms with Crippen molar-refractivity contribution in [2.45, 2.75) is 13.3 Å². The van der Waals surface area contributed by atoms with Crippen LogP contribution in [0.5, 0.6) is 0 Å². The largest absolute Gasteiger partial charge is 0.268 e. The molecule has 4 heteroatoms. The van der Waals surface area contributed by atoms with Crippen LogP contribution in [-0.4, -0.2) is 14.5 Å². The van der Waals surface area contributed by atoms with Crippen molar-refractivity contribution in [3.63, 3.8) is 0 Å². The van der Waals surface area contributed by atoms with Gasteiger partial charge in [-0.25, -0.2) is 4.98 Å². The third-order valence-electron chi connectivity index (χ3n) is 3.57. The number of hydrogen-bond acceptors (Lipinski definition) is 3. The summed E-state index contributed by atoms with van der Waals surface area (Å²) in [6.07, 6.45) is 3.98. The van der Waals surface area contributed by atoms with Crippen molar-refractivity contribution in [1.29, 1.82) is 0 Å². The molecule has 0 aliphatic carbocycles. The van der Waals surface area contributed by atoms with Crippen LogP contribution in [0.3, 0.4) is 0 Å². The van der Waals surface area contributed by atoms with E-state index in [0.29, 0.717) is 17.3 Å². The SMILES string of the molecule is Cc1ccc2c(c1)Cc1nc3cnccc3c(=O)n1-2. The highest BCUT2D eigenvalue weighted by Gasteiger charge is 2.22. The molecule has 0 atom stereocenters. The minimum absolute atomic E-state index is 0.00926. The summed E-state index contributed by atoms with van der Waals surface area (Å²) in [7, 11) is 0. The Morgan fingerprint density at radius 1 is 1.26 bits per heavy atom. The lowest BCUT2D eigenvalue weighted by atomic mass is 10.1. The summed E-state index contributed by atoms with van der Waals surface area (Å²) in [5, 5.41) is 0.618. The average Bonchev–Trinajstić information content (AvgIpc) is 2.76. The van der Waals surface area contributed by atoms with Crippen LogP contribution in [0.4, 0.5) is 0 Å². The molecule has 0 saturated carbocycles. The standard InChI is InChI=1S/C15H11N3O/c1-9-2-3-13-10(6-9)7-14-17-12-8-16-5-4-11(12)15(19)18(13)14/h2-6,8H,7H2,1H3. The van der Waals surface area contributed by atoms with Gasteiger partial charge in [0, 0.05) is 12.6 Å². The van der Waals surface area contributed by atoms with Crippen molar-refractivity contribution in [3.8, 4) is 5.69 Å². The van der Waals surface area contributed by atoms with Gasteiger partial charge < -0.3 is 0 Å². The van der Waals surface area contributed by atoms with Crippen LogP contribution in [0.15, 0.2) is 41.5 Å². The molecule has 2 aromatic heterocycles. The molecule has 0 spiro atoms. The Kier molecular flexibility index (Phi) is 1.93. The normalized spacial score (nSPS) is 12.5. The number of rotatable bonds is 0. The summed E-state index contributed by atoms with van der Waals surface area (Å²) < 4.78 is 1.72. The van der Waals surface area contributed by atoms with Crippen molar-refractivity contribution in [3.05, 3.63) is 64.0 Å². The molecule has 0 saturated heterocycles. The highest BCUT2D eigenvalue weighted by molar-refractivity contribution is 5.77. The fourth-order valence-electron chi connectivity index (χ4n) is 2.69. The molecule has 0 fully saturated rings. The maximum absolute atomic E-state index is 12.6. The van der Waals surface area contributed by atoms with Crippen molar-refractivity contribution in [2.24, 2.45) is 0 Å². The Bertz CT molecular complexity index is 880. The topological polar surface area (TPSA) is 47.8 Å². The molecule has 1 aromatic carbocycles. The van der Waals surface area contributed by atoms with Gasteiger partial charge in [-0.15, -0.1) is 0 Å². The summed E-state index contributed by atoms with van der Waals surface area (Å²) in [5.74, 6) is 0.797. The fraction of sp³-hybridized carbons (Fsp3) is 0.133. The number of benzene rings is 1. The Balaban J connectivity index is 2.13. The lowest BCUT2D eigenvalue weighted by molar-refractivity contribution is 0.913. The van der Waals surface area contributed by atoms with Crippen LogP contribution in [0.2, 0.25) is 0 Å². The van der Waals surface area contributed by atoms with Gasteiger partial charge in [0.15, 0.2) is 0 Å². The van der Waals surface area contributed by atoms with Gasteiger partial charge in [0.05, 0.1) is 22.8 Å². The Hall–Kier alpha value is -2.49. The third-order valence-corrected chi connectivity index (χ3v) is 3.57. The summed E-state index contributed by atoms with van der Waals surface area (Å²) in [6, 6.07) is 7.87. The van der Waals surface area contributed by atoms with Crippen LogP contribution < -0.4 is 5.56 Å². The summed E-state index contributed by atoms with van der Waals surface area (Å²) in [5.41, 5.74) is 3.98. The van der Waals surface area contributed by atoms with Crippen molar-refractivity contribution in [2.75, 3.05) is 0 Å². The van der Waals surface area contributed by atoms with Crippen molar-refractivity contribution < 1.29 is 0 Å². The predicted octanol–water partition coefficient (Wildman–Crippen LogP) is 1.99. The number of aryl methyl sites for hydroxylation is 1. The van der Waals surface area contributed by atoms with E-state index in [1.54, 1.807) is 23.0 Å². The number of hydrogen-bond donors (Lipinski definition) is 0. The lowest BCUT2D eigenvalue weighted by Crippen LogP contribution is -2.20. The molecule has 0 bridgehead atoms. The minimum atomic E-state index is -0.00926. The number of fused-ring (bicyclic) bond motifs is 4. The molecule has 3 aromatic rings. The molecule has 0 radical (unpaired) electrons. The van der Waals surface area contributed by atoms with E-state index in [4.69, 9.17) is 0 Å². The second kappa shape index (κ2) is 3.51. The van der Waals surface area contributed by atoms with E-state index in [-0.39, 0.29) is 5.56 Å². The number of aromatic nitrogens is 3. The van der Waals surface area contributed by atoms with E-state index in [2.05, 4.69) is 23.0 Å². The first kappa shape index (κ1) is 10.4. The third kappa shape index (κ3) is 1.37. The van der Waals surface area contributed by atoms with Crippen molar-refractivity contribution in [1.82, 2.24) is 14.5 Å². The molecule has 4 nitrogen and oxygen atoms in total. The Labute approximate surface area is 109 Å². The van der Waals surface area contributed by atoms with E-state index in [0.717, 1.165) is 17.1 Å². The second-order valence-corrected chi connectivity index (χ2v) is 4.87. The van der Waals surface area contributed by atoms with Gasteiger partial charge in [0.25, 0.3) is 5.56 Å². The van der Waals surface area contributed by atoms with Crippen LogP contribution in [0.1, 0.15) is 17.0 Å². The summed E-state index contributed by atoms with van der Waals surface area (Å²) >= 11 is 0. The zero-order chi connectivity index (χ0) is 13.0. The van der Waals surface area contributed by atoms with E-state index in [1.165, 1.54) is 5.56 Å². The second-order valence-electron chi connectivity index (χ2n) is 4.87. The van der Waals surface area contributed by atoms with E-state index in [9.17, 15) is 4.79 Å². The van der Waals surface area contributed by atoms with Gasteiger partial charge in [-0.2, -0.15) is 0 Å².